The predicted octanol–water partition coefficient (Wildman–Crippen LogP) is 1.65. The van der Waals surface area contributed by atoms with Gasteiger partial charge >= 0.3 is 18.0 Å². The molecule has 0 unspecified atom stereocenters. The van der Waals surface area contributed by atoms with Crippen molar-refractivity contribution in [1.29, 1.82) is 0 Å². The van der Waals surface area contributed by atoms with Crippen LogP contribution < -0.4 is 10.6 Å². The molecule has 122 valence electrons. The van der Waals surface area contributed by atoms with Gasteiger partial charge in [-0.15, -0.1) is 0 Å². The Kier molecular flexibility index (Phi) is 4.63. The maximum atomic E-state index is 12.4. The minimum atomic E-state index is -4.47. The summed E-state index contributed by atoms with van der Waals surface area (Å²) in [4.78, 5) is 27.0. The van der Waals surface area contributed by atoms with Crippen LogP contribution in [0.25, 0.3) is 0 Å². The fourth-order valence-corrected chi connectivity index (χ4v) is 1.58. The lowest BCUT2D eigenvalue weighted by atomic mass is 10.2. The molecule has 1 aromatic heterocycles. The van der Waals surface area contributed by atoms with Gasteiger partial charge in [0.1, 0.15) is 0 Å². The molecule has 0 saturated heterocycles. The van der Waals surface area contributed by atoms with Gasteiger partial charge < -0.3 is 15.2 Å². The molecule has 2 amide bonds. The lowest BCUT2D eigenvalue weighted by molar-refractivity contribution is -0.137. The van der Waals surface area contributed by atoms with E-state index in [0.717, 1.165) is 24.3 Å². The van der Waals surface area contributed by atoms with Gasteiger partial charge in [-0.3, -0.25) is 9.59 Å². The van der Waals surface area contributed by atoms with Crippen molar-refractivity contribution in [3.8, 4) is 0 Å². The molecule has 1 heterocycles. The number of rotatable bonds is 3. The molecule has 0 aliphatic heterocycles. The van der Waals surface area contributed by atoms with E-state index < -0.39 is 23.6 Å². The summed E-state index contributed by atoms with van der Waals surface area (Å²) in [6.07, 6.45) is -4.47. The molecule has 10 heteroatoms. The topological polar surface area (TPSA) is 97.1 Å². The molecule has 0 atom stereocenters. The Hall–Kier alpha value is -2.91. The third-order valence-electron chi connectivity index (χ3n) is 2.65. The van der Waals surface area contributed by atoms with Crippen molar-refractivity contribution < 1.29 is 27.3 Å². The molecule has 0 aliphatic rings. The number of aryl methyl sites for hydroxylation is 1. The molecule has 0 saturated carbocycles. The van der Waals surface area contributed by atoms with Crippen LogP contribution >= 0.6 is 0 Å². The summed E-state index contributed by atoms with van der Waals surface area (Å²) in [5.74, 6) is -1.51. The largest absolute Gasteiger partial charge is 0.416 e. The number of halogens is 3. The van der Waals surface area contributed by atoms with E-state index in [-0.39, 0.29) is 18.1 Å². The molecule has 0 bridgehead atoms. The van der Waals surface area contributed by atoms with E-state index in [0.29, 0.717) is 5.82 Å². The fourth-order valence-electron chi connectivity index (χ4n) is 1.58. The summed E-state index contributed by atoms with van der Waals surface area (Å²) in [5, 5.41) is 7.92. The third kappa shape index (κ3) is 4.53. The number of anilines is 1. The Morgan fingerprint density at radius 2 is 1.83 bits per heavy atom. The van der Waals surface area contributed by atoms with Crippen molar-refractivity contribution in [2.24, 2.45) is 0 Å². The van der Waals surface area contributed by atoms with E-state index in [9.17, 15) is 22.8 Å². The lowest BCUT2D eigenvalue weighted by Crippen LogP contribution is -2.35. The predicted molar refractivity (Wildman–Crippen MR) is 71.0 cm³/mol. The number of aromatic nitrogens is 2. The van der Waals surface area contributed by atoms with Crippen molar-refractivity contribution in [2.75, 3.05) is 5.32 Å². The van der Waals surface area contributed by atoms with E-state index in [1.165, 1.54) is 0 Å². The third-order valence-corrected chi connectivity index (χ3v) is 2.65. The second-order valence-corrected chi connectivity index (χ2v) is 4.45. The molecule has 2 N–H and O–H groups in total. The number of carbonyl (C=O) groups excluding carboxylic acids is 2. The number of nitrogens with one attached hydrogen (secondary N) is 2. The number of hydrogen-bond acceptors (Lipinski definition) is 5. The zero-order valence-electron chi connectivity index (χ0n) is 11.8. The highest BCUT2D eigenvalue weighted by Gasteiger charge is 2.30. The number of benzene rings is 1. The zero-order chi connectivity index (χ0) is 17.0. The van der Waals surface area contributed by atoms with Gasteiger partial charge in [-0.25, -0.2) is 0 Å². The maximum absolute atomic E-state index is 12.4. The van der Waals surface area contributed by atoms with Gasteiger partial charge in [0.2, 0.25) is 5.89 Å². The summed E-state index contributed by atoms with van der Waals surface area (Å²) >= 11 is 0. The number of amides is 2. The van der Waals surface area contributed by atoms with E-state index in [2.05, 4.69) is 20.8 Å². The molecule has 0 spiro atoms. The van der Waals surface area contributed by atoms with Crippen LogP contribution in [0.4, 0.5) is 18.9 Å². The van der Waals surface area contributed by atoms with Crippen LogP contribution in [0.15, 0.2) is 28.8 Å². The first-order chi connectivity index (χ1) is 10.8. The van der Waals surface area contributed by atoms with E-state index in [4.69, 9.17) is 4.52 Å². The first-order valence-electron chi connectivity index (χ1n) is 6.31. The summed E-state index contributed by atoms with van der Waals surface area (Å²) < 4.78 is 42.0. The molecule has 0 fully saturated rings. The van der Waals surface area contributed by atoms with E-state index in [1.807, 2.05) is 0 Å². The molecule has 23 heavy (non-hydrogen) atoms. The lowest BCUT2D eigenvalue weighted by Gasteiger charge is -2.08. The number of hydrogen-bond donors (Lipinski definition) is 2. The smallest absolute Gasteiger partial charge is 0.339 e. The standard InChI is InChI=1S/C13H11F3N4O3/c1-7-18-10(23-20-7)6-17-11(21)12(22)19-9-4-2-8(3-5-9)13(14,15)16/h2-5H,6H2,1H3,(H,17,21)(H,19,22). The van der Waals surface area contributed by atoms with Crippen LogP contribution in [0.5, 0.6) is 0 Å². The first-order valence-corrected chi connectivity index (χ1v) is 6.31. The van der Waals surface area contributed by atoms with Gasteiger partial charge in [-0.1, -0.05) is 5.16 Å². The first kappa shape index (κ1) is 16.5. The van der Waals surface area contributed by atoms with Gasteiger partial charge in [0.25, 0.3) is 0 Å². The van der Waals surface area contributed by atoms with Gasteiger partial charge in [0.15, 0.2) is 5.82 Å². The number of nitrogens with zero attached hydrogens (tertiary/aromatic N) is 2. The fraction of sp³-hybridized carbons (Fsp3) is 0.231. The van der Waals surface area contributed by atoms with E-state index in [1.54, 1.807) is 6.92 Å². The second-order valence-electron chi connectivity index (χ2n) is 4.45. The molecule has 2 aromatic rings. The minimum absolute atomic E-state index is 0.0618. The number of carbonyl (C=O) groups is 2. The summed E-state index contributed by atoms with van der Waals surface area (Å²) in [6, 6.07) is 3.70. The SMILES string of the molecule is Cc1noc(CNC(=O)C(=O)Nc2ccc(C(F)(F)F)cc2)n1. The van der Waals surface area contributed by atoms with Crippen molar-refractivity contribution in [1.82, 2.24) is 15.5 Å². The Morgan fingerprint density at radius 3 is 2.35 bits per heavy atom. The van der Waals surface area contributed by atoms with Crippen LogP contribution in [0.3, 0.4) is 0 Å². The van der Waals surface area contributed by atoms with Crippen molar-refractivity contribution in [3.63, 3.8) is 0 Å². The highest BCUT2D eigenvalue weighted by atomic mass is 19.4. The zero-order valence-corrected chi connectivity index (χ0v) is 11.8. The normalized spacial score (nSPS) is 11.1. The van der Waals surface area contributed by atoms with Gasteiger partial charge in [0.05, 0.1) is 12.1 Å². The second kappa shape index (κ2) is 6.46. The van der Waals surface area contributed by atoms with Gasteiger partial charge in [-0.2, -0.15) is 18.2 Å². The van der Waals surface area contributed by atoms with Gasteiger partial charge in [0, 0.05) is 5.69 Å². The monoisotopic (exact) mass is 328 g/mol. The van der Waals surface area contributed by atoms with Crippen LogP contribution in [-0.2, 0) is 22.3 Å². The molecule has 0 radical (unpaired) electrons. The molecule has 2 rings (SSSR count). The Bertz CT molecular complexity index is 710. The molecule has 0 aliphatic carbocycles. The summed E-state index contributed by atoms with van der Waals surface area (Å²) in [5.41, 5.74) is -0.793. The molecular formula is C13H11F3N4O3. The van der Waals surface area contributed by atoms with Crippen LogP contribution in [0.1, 0.15) is 17.3 Å². The van der Waals surface area contributed by atoms with Crippen molar-refractivity contribution in [2.45, 2.75) is 19.6 Å². The van der Waals surface area contributed by atoms with Crippen molar-refractivity contribution in [3.05, 3.63) is 41.5 Å². The van der Waals surface area contributed by atoms with E-state index >= 15 is 0 Å². The average molecular weight is 328 g/mol. The highest BCUT2D eigenvalue weighted by molar-refractivity contribution is 6.39. The Morgan fingerprint density at radius 1 is 1.17 bits per heavy atom. The average Bonchev–Trinajstić information content (AvgIpc) is 2.90. The number of alkyl halides is 3. The highest BCUT2D eigenvalue weighted by Crippen LogP contribution is 2.29. The van der Waals surface area contributed by atoms with Crippen LogP contribution in [-0.4, -0.2) is 22.0 Å². The van der Waals surface area contributed by atoms with Gasteiger partial charge in [-0.05, 0) is 31.2 Å². The summed E-state index contributed by atoms with van der Waals surface area (Å²) in [7, 11) is 0. The molecular weight excluding hydrogens is 317 g/mol. The minimum Gasteiger partial charge on any atom is -0.339 e. The van der Waals surface area contributed by atoms with Crippen LogP contribution in [0.2, 0.25) is 0 Å². The maximum Gasteiger partial charge on any atom is 0.416 e. The Labute approximate surface area is 127 Å². The van der Waals surface area contributed by atoms with Crippen LogP contribution in [0, 0.1) is 6.92 Å². The Balaban J connectivity index is 1.89. The molecule has 1 aromatic carbocycles. The van der Waals surface area contributed by atoms with Crippen molar-refractivity contribution >= 4 is 17.5 Å². The quantitative estimate of drug-likeness (QED) is 0.835. The summed E-state index contributed by atoms with van der Waals surface area (Å²) in [6.45, 7) is 1.45. The molecule has 7 nitrogen and oxygen atoms in total.